The fourth-order valence-electron chi connectivity index (χ4n) is 3.76. The largest absolute Gasteiger partial charge is 0.278 e. The maximum atomic E-state index is 12.7. The molecular formula is C20H8N2O2S2. The number of thiophene rings is 2. The molecule has 6 rings (SSSR count). The first-order valence-electron chi connectivity index (χ1n) is 8.00. The van der Waals surface area contributed by atoms with E-state index in [9.17, 15) is 9.59 Å². The average molecular weight is 372 g/mol. The number of hydrogen-bond donors (Lipinski definition) is 0. The van der Waals surface area contributed by atoms with Crippen molar-refractivity contribution in [1.82, 2.24) is 0 Å². The molecule has 0 N–H and O–H groups in total. The van der Waals surface area contributed by atoms with Gasteiger partial charge in [0.2, 0.25) is 0 Å². The van der Waals surface area contributed by atoms with Crippen molar-refractivity contribution < 1.29 is 9.59 Å². The molecule has 4 aromatic rings. The highest BCUT2D eigenvalue weighted by molar-refractivity contribution is 7.08. The fraction of sp³-hybridized carbons (Fsp3) is 0. The molecule has 0 saturated heterocycles. The summed E-state index contributed by atoms with van der Waals surface area (Å²) in [7, 11) is 0. The van der Waals surface area contributed by atoms with E-state index in [2.05, 4.69) is 9.98 Å². The van der Waals surface area contributed by atoms with E-state index in [-0.39, 0.29) is 11.8 Å². The molecule has 4 nitrogen and oxygen atoms in total. The highest BCUT2D eigenvalue weighted by Crippen LogP contribution is 2.28. The van der Waals surface area contributed by atoms with Crippen LogP contribution in [0.3, 0.4) is 0 Å². The smallest absolute Gasteiger partial charge is 0.267 e. The average Bonchev–Trinajstić information content (AvgIpc) is 3.29. The van der Waals surface area contributed by atoms with Crippen molar-refractivity contribution in [3.8, 4) is 0 Å². The summed E-state index contributed by atoms with van der Waals surface area (Å²) in [6, 6.07) is 11.4. The van der Waals surface area contributed by atoms with Gasteiger partial charge in [-0.15, -0.1) is 22.7 Å². The van der Waals surface area contributed by atoms with Crippen molar-refractivity contribution in [1.29, 1.82) is 0 Å². The van der Waals surface area contributed by atoms with Gasteiger partial charge in [0.05, 0.1) is 30.9 Å². The van der Waals surface area contributed by atoms with Gasteiger partial charge in [0.15, 0.2) is 0 Å². The Labute approximate surface area is 153 Å². The van der Waals surface area contributed by atoms with Crippen LogP contribution in [0.25, 0.3) is 10.8 Å². The van der Waals surface area contributed by atoms with E-state index in [4.69, 9.17) is 0 Å². The van der Waals surface area contributed by atoms with E-state index in [1.54, 1.807) is 22.7 Å². The second-order valence-electron chi connectivity index (χ2n) is 6.18. The van der Waals surface area contributed by atoms with Crippen LogP contribution in [-0.4, -0.2) is 11.8 Å². The van der Waals surface area contributed by atoms with E-state index >= 15 is 0 Å². The van der Waals surface area contributed by atoms with Crippen molar-refractivity contribution in [3.63, 3.8) is 0 Å². The minimum absolute atomic E-state index is 0.256. The molecule has 2 aromatic carbocycles. The van der Waals surface area contributed by atoms with Gasteiger partial charge in [-0.05, 0) is 33.7 Å². The van der Waals surface area contributed by atoms with Crippen LogP contribution in [0.2, 0.25) is 0 Å². The van der Waals surface area contributed by atoms with Crippen molar-refractivity contribution >= 4 is 45.3 Å². The molecule has 0 atom stereocenters. The summed E-state index contributed by atoms with van der Waals surface area (Å²) in [5.74, 6) is -0.512. The molecule has 0 bridgehead atoms. The molecule has 0 radical (unpaired) electrons. The normalized spacial score (nSPS) is 14.2. The van der Waals surface area contributed by atoms with Crippen molar-refractivity contribution in [2.75, 3.05) is 0 Å². The maximum absolute atomic E-state index is 12.7. The summed E-state index contributed by atoms with van der Waals surface area (Å²) < 4.78 is 1.99. The molecule has 2 aliphatic heterocycles. The van der Waals surface area contributed by atoms with Gasteiger partial charge in [0.1, 0.15) is 0 Å². The van der Waals surface area contributed by atoms with E-state index in [0.717, 1.165) is 41.0 Å². The van der Waals surface area contributed by atoms with Crippen molar-refractivity contribution in [2.45, 2.75) is 0 Å². The number of carbonyl (C=O) groups excluding carboxylic acids is 2. The monoisotopic (exact) mass is 372 g/mol. The maximum Gasteiger partial charge on any atom is 0.278 e. The molecule has 4 heterocycles. The summed E-state index contributed by atoms with van der Waals surface area (Å²) in [6.45, 7) is 0. The predicted octanol–water partition coefficient (Wildman–Crippen LogP) is 3.08. The van der Waals surface area contributed by atoms with Gasteiger partial charge < -0.3 is 0 Å². The lowest BCUT2D eigenvalue weighted by Crippen LogP contribution is -2.15. The Hall–Kier alpha value is -2.96. The molecule has 26 heavy (non-hydrogen) atoms. The zero-order valence-corrected chi connectivity index (χ0v) is 14.8. The van der Waals surface area contributed by atoms with Crippen molar-refractivity contribution in [2.24, 2.45) is 9.98 Å². The SMILES string of the molecule is O=C1N=c2ccsc2=c2ccc3c4c(ccc3c21)=c1sccc1=NC4=O. The Morgan fingerprint density at radius 3 is 1.54 bits per heavy atom. The Kier molecular flexibility index (Phi) is 2.63. The summed E-state index contributed by atoms with van der Waals surface area (Å²) in [5, 5.41) is 8.62. The van der Waals surface area contributed by atoms with E-state index in [0.29, 0.717) is 11.1 Å². The number of nitrogens with zero attached hydrogens (tertiary/aromatic N) is 2. The number of fused-ring (bicyclic) bond motifs is 7. The van der Waals surface area contributed by atoms with Gasteiger partial charge in [-0.2, -0.15) is 0 Å². The highest BCUT2D eigenvalue weighted by atomic mass is 32.1. The van der Waals surface area contributed by atoms with Crippen LogP contribution in [0.4, 0.5) is 0 Å². The number of rotatable bonds is 0. The third-order valence-corrected chi connectivity index (χ3v) is 6.72. The number of carbonyl (C=O) groups is 2. The minimum Gasteiger partial charge on any atom is -0.267 e. The molecular weight excluding hydrogens is 364 g/mol. The first-order chi connectivity index (χ1) is 12.7. The molecule has 122 valence electrons. The lowest BCUT2D eigenvalue weighted by Gasteiger charge is -2.11. The highest BCUT2D eigenvalue weighted by Gasteiger charge is 2.21. The van der Waals surface area contributed by atoms with Crippen LogP contribution in [0.5, 0.6) is 0 Å². The first-order valence-corrected chi connectivity index (χ1v) is 9.76. The molecule has 0 fully saturated rings. The summed E-state index contributed by atoms with van der Waals surface area (Å²) in [4.78, 5) is 33.8. The van der Waals surface area contributed by atoms with E-state index < -0.39 is 0 Å². The third-order valence-electron chi connectivity index (χ3n) is 4.85. The van der Waals surface area contributed by atoms with E-state index in [1.165, 1.54) is 0 Å². The van der Waals surface area contributed by atoms with Crippen LogP contribution in [-0.2, 0) is 0 Å². The van der Waals surface area contributed by atoms with Gasteiger partial charge in [0, 0.05) is 10.4 Å². The Morgan fingerprint density at radius 2 is 1.08 bits per heavy atom. The van der Waals surface area contributed by atoms with Gasteiger partial charge in [0.25, 0.3) is 11.8 Å². The van der Waals surface area contributed by atoms with Crippen LogP contribution >= 0.6 is 22.7 Å². The molecule has 0 saturated carbocycles. The quantitative estimate of drug-likeness (QED) is 0.476. The lowest BCUT2D eigenvalue weighted by atomic mass is 9.95. The second kappa shape index (κ2) is 4.81. The molecule has 0 aliphatic carbocycles. The van der Waals surface area contributed by atoms with Crippen LogP contribution < -0.4 is 10.7 Å². The van der Waals surface area contributed by atoms with E-state index in [1.807, 2.05) is 47.2 Å². The van der Waals surface area contributed by atoms with Gasteiger partial charge in [-0.3, -0.25) is 9.59 Å². The Morgan fingerprint density at radius 1 is 0.615 bits per heavy atom. The first kappa shape index (κ1) is 14.2. The Bertz CT molecular complexity index is 1500. The van der Waals surface area contributed by atoms with Crippen LogP contribution in [0, 0.1) is 19.5 Å². The fourth-order valence-corrected chi connectivity index (χ4v) is 5.49. The number of amides is 2. The van der Waals surface area contributed by atoms with Gasteiger partial charge in [-0.1, -0.05) is 24.3 Å². The van der Waals surface area contributed by atoms with Crippen molar-refractivity contribution in [3.05, 3.63) is 88.5 Å². The Balaban J connectivity index is 1.92. The molecule has 2 amide bonds. The minimum atomic E-state index is -0.256. The second-order valence-corrected chi connectivity index (χ2v) is 8.01. The summed E-state index contributed by atoms with van der Waals surface area (Å²) in [6.07, 6.45) is 0. The van der Waals surface area contributed by atoms with Gasteiger partial charge >= 0.3 is 0 Å². The van der Waals surface area contributed by atoms with Gasteiger partial charge in [-0.25, -0.2) is 9.98 Å². The molecule has 0 spiro atoms. The van der Waals surface area contributed by atoms with Crippen LogP contribution in [0.15, 0.2) is 57.1 Å². The number of benzene rings is 2. The standard InChI is InChI=1S/C20H8N2O2S2/c23-19-15-9-1-3-11-16(20(24)22-13-5-7-25-17(11)13)10(9)2-4-12(15)18-14(21-19)6-8-26-18/h1-8H. The predicted molar refractivity (Wildman–Crippen MR) is 98.9 cm³/mol. The molecule has 2 aromatic heterocycles. The van der Waals surface area contributed by atoms with Crippen LogP contribution in [0.1, 0.15) is 20.7 Å². The summed E-state index contributed by atoms with van der Waals surface area (Å²) >= 11 is 3.14. The zero-order valence-electron chi connectivity index (χ0n) is 13.1. The zero-order chi connectivity index (χ0) is 17.4. The molecule has 0 unspecified atom stereocenters. The molecule has 6 heteroatoms. The third kappa shape index (κ3) is 1.67. The summed E-state index contributed by atoms with van der Waals surface area (Å²) in [5.41, 5.74) is 1.15. The molecule has 2 aliphatic rings. The number of hydrogen-bond acceptors (Lipinski definition) is 4. The topological polar surface area (TPSA) is 58.9 Å². The lowest BCUT2D eigenvalue weighted by molar-refractivity contribution is 0.0988.